The van der Waals surface area contributed by atoms with E-state index in [-0.39, 0.29) is 22.2 Å². The van der Waals surface area contributed by atoms with E-state index in [0.717, 1.165) is 5.56 Å². The van der Waals surface area contributed by atoms with Gasteiger partial charge in [-0.05, 0) is 42.3 Å². The number of benzene rings is 2. The first kappa shape index (κ1) is 30.6. The molecule has 12 heteroatoms. The molecule has 0 aliphatic carbocycles. The highest BCUT2D eigenvalue weighted by atomic mass is 35.5. The maximum atomic E-state index is 14.7. The molecule has 0 unspecified atom stereocenters. The molecule has 0 saturated heterocycles. The highest BCUT2D eigenvalue weighted by Gasteiger charge is 2.25. The molecule has 0 fully saturated rings. The van der Waals surface area contributed by atoms with Crippen molar-refractivity contribution in [3.8, 4) is 34.3 Å². The van der Waals surface area contributed by atoms with E-state index >= 15 is 0 Å². The molecular formula is C36H28ClN7O4. The molecular weight excluding hydrogens is 630 g/mol. The van der Waals surface area contributed by atoms with Crippen LogP contribution in [0.25, 0.3) is 44.3 Å². The van der Waals surface area contributed by atoms with Gasteiger partial charge in [0.25, 0.3) is 5.56 Å². The second-order valence-electron chi connectivity index (χ2n) is 10.9. The maximum absolute atomic E-state index is 14.7. The third kappa shape index (κ3) is 5.29. The van der Waals surface area contributed by atoms with Crippen molar-refractivity contribution < 1.29 is 9.47 Å². The van der Waals surface area contributed by atoms with E-state index in [9.17, 15) is 9.59 Å². The van der Waals surface area contributed by atoms with Crippen molar-refractivity contribution in [2.24, 2.45) is 0 Å². The Balaban J connectivity index is 1.42. The summed E-state index contributed by atoms with van der Waals surface area (Å²) >= 11 is 7.28. The number of ether oxygens (including phenoxy) is 2. The number of methoxy groups -OCH3 is 2. The van der Waals surface area contributed by atoms with Gasteiger partial charge in [-0.15, -0.1) is 0 Å². The predicted octanol–water partition coefficient (Wildman–Crippen LogP) is 6.39. The summed E-state index contributed by atoms with van der Waals surface area (Å²) < 4.78 is 14.0. The molecule has 0 amide bonds. The van der Waals surface area contributed by atoms with Crippen LogP contribution in [0.1, 0.15) is 18.7 Å². The number of hydrogen-bond donors (Lipinski definition) is 1. The number of anilines is 1. The largest absolute Gasteiger partial charge is 0.481 e. The minimum absolute atomic E-state index is 0.266. The van der Waals surface area contributed by atoms with Crippen LogP contribution in [0.2, 0.25) is 5.02 Å². The van der Waals surface area contributed by atoms with E-state index in [2.05, 4.69) is 25.3 Å². The standard InChI is InChI=1S/C36H28ClN7O4/c1-21(42-34-31-27(45)14-17-43(35(31)41-20-40-34)24-13-16-39-29(19-24)48-3)33-32(37)26-11-7-10-25(22-12-15-38-28(18-22)47-2)30(26)36(46)44(33)23-8-5-4-6-9-23/h4-21H,1-3H3,(H,40,41,42)/t21-/m0/s1. The van der Waals surface area contributed by atoms with Crippen LogP contribution in [0.15, 0.2) is 113 Å². The summed E-state index contributed by atoms with van der Waals surface area (Å²) in [6, 6.07) is 22.8. The molecule has 0 aliphatic rings. The van der Waals surface area contributed by atoms with Gasteiger partial charge in [0.1, 0.15) is 17.5 Å². The number of para-hydroxylation sites is 1. The summed E-state index contributed by atoms with van der Waals surface area (Å²) in [4.78, 5) is 45.4. The van der Waals surface area contributed by atoms with Gasteiger partial charge >= 0.3 is 0 Å². The summed E-state index contributed by atoms with van der Waals surface area (Å²) in [5.41, 5.74) is 3.09. The summed E-state index contributed by atoms with van der Waals surface area (Å²) in [6.07, 6.45) is 6.27. The number of halogens is 1. The topological polar surface area (TPSA) is 126 Å². The summed E-state index contributed by atoms with van der Waals surface area (Å²) in [6.45, 7) is 1.87. The van der Waals surface area contributed by atoms with Gasteiger partial charge in [-0.2, -0.15) is 0 Å². The quantitative estimate of drug-likeness (QED) is 0.198. The Morgan fingerprint density at radius 1 is 0.792 bits per heavy atom. The minimum Gasteiger partial charge on any atom is -0.481 e. The molecule has 1 N–H and O–H groups in total. The molecule has 0 aliphatic heterocycles. The fourth-order valence-corrected chi connectivity index (χ4v) is 6.31. The average molecular weight is 658 g/mol. The molecule has 1 atom stereocenters. The molecule has 0 radical (unpaired) electrons. The lowest BCUT2D eigenvalue weighted by molar-refractivity contribution is 0.397. The van der Waals surface area contributed by atoms with Gasteiger partial charge in [-0.1, -0.05) is 48.0 Å². The molecule has 2 aromatic carbocycles. The van der Waals surface area contributed by atoms with Crippen LogP contribution in [-0.2, 0) is 0 Å². The number of fused-ring (bicyclic) bond motifs is 2. The van der Waals surface area contributed by atoms with Crippen molar-refractivity contribution in [1.82, 2.24) is 29.1 Å². The Bertz CT molecular complexity index is 2450. The monoisotopic (exact) mass is 657 g/mol. The zero-order valence-corrected chi connectivity index (χ0v) is 26.8. The fourth-order valence-electron chi connectivity index (χ4n) is 5.90. The first-order chi connectivity index (χ1) is 23.4. The molecule has 5 aromatic heterocycles. The second kappa shape index (κ2) is 12.6. The van der Waals surface area contributed by atoms with Crippen molar-refractivity contribution in [1.29, 1.82) is 0 Å². The van der Waals surface area contributed by atoms with E-state index in [1.165, 1.54) is 19.5 Å². The van der Waals surface area contributed by atoms with Crippen LogP contribution in [0.5, 0.6) is 11.8 Å². The number of rotatable bonds is 8. The van der Waals surface area contributed by atoms with Crippen LogP contribution >= 0.6 is 11.6 Å². The highest BCUT2D eigenvalue weighted by Crippen LogP contribution is 2.37. The average Bonchev–Trinajstić information content (AvgIpc) is 3.13. The van der Waals surface area contributed by atoms with E-state index in [4.69, 9.17) is 21.1 Å². The molecule has 5 heterocycles. The van der Waals surface area contributed by atoms with Gasteiger partial charge in [0, 0.05) is 47.9 Å². The third-order valence-corrected chi connectivity index (χ3v) is 8.50. The van der Waals surface area contributed by atoms with Crippen LogP contribution < -0.4 is 25.8 Å². The van der Waals surface area contributed by atoms with Gasteiger partial charge < -0.3 is 19.4 Å². The Kier molecular flexibility index (Phi) is 8.03. The van der Waals surface area contributed by atoms with E-state index < -0.39 is 6.04 Å². The Morgan fingerprint density at radius 2 is 1.54 bits per heavy atom. The number of aromatic nitrogens is 6. The molecule has 11 nitrogen and oxygen atoms in total. The van der Waals surface area contributed by atoms with Crippen LogP contribution in [0.4, 0.5) is 5.82 Å². The number of nitrogens with zero attached hydrogens (tertiary/aromatic N) is 6. The first-order valence-corrected chi connectivity index (χ1v) is 15.3. The Labute approximate surface area is 279 Å². The highest BCUT2D eigenvalue weighted by molar-refractivity contribution is 6.36. The van der Waals surface area contributed by atoms with E-state index in [1.54, 1.807) is 53.0 Å². The lowest BCUT2D eigenvalue weighted by Gasteiger charge is -2.24. The summed E-state index contributed by atoms with van der Waals surface area (Å²) in [5, 5.41) is 5.03. The van der Waals surface area contributed by atoms with Crippen LogP contribution in [-0.4, -0.2) is 43.3 Å². The minimum atomic E-state index is -0.605. The predicted molar refractivity (Wildman–Crippen MR) is 186 cm³/mol. The number of hydrogen-bond acceptors (Lipinski definition) is 9. The van der Waals surface area contributed by atoms with Crippen LogP contribution in [0.3, 0.4) is 0 Å². The van der Waals surface area contributed by atoms with Gasteiger partial charge in [0.05, 0.1) is 42.1 Å². The molecule has 7 aromatic rings. The summed E-state index contributed by atoms with van der Waals surface area (Å²) in [5.74, 6) is 1.12. The van der Waals surface area contributed by atoms with Crippen molar-refractivity contribution in [2.45, 2.75) is 13.0 Å². The summed E-state index contributed by atoms with van der Waals surface area (Å²) in [7, 11) is 3.08. The normalized spacial score (nSPS) is 11.8. The van der Waals surface area contributed by atoms with E-state index in [0.29, 0.717) is 55.8 Å². The zero-order valence-electron chi connectivity index (χ0n) is 26.1. The lowest BCUT2D eigenvalue weighted by Crippen LogP contribution is -2.27. The first-order valence-electron chi connectivity index (χ1n) is 15.0. The maximum Gasteiger partial charge on any atom is 0.263 e. The number of pyridine rings is 4. The van der Waals surface area contributed by atoms with Gasteiger partial charge in [0.15, 0.2) is 11.1 Å². The van der Waals surface area contributed by atoms with Crippen molar-refractivity contribution in [3.63, 3.8) is 0 Å². The molecule has 7 rings (SSSR count). The smallest absolute Gasteiger partial charge is 0.263 e. The fraction of sp³-hybridized carbons (Fsp3) is 0.111. The van der Waals surface area contributed by atoms with Gasteiger partial charge in [0.2, 0.25) is 11.8 Å². The molecule has 0 saturated carbocycles. The van der Waals surface area contributed by atoms with Crippen molar-refractivity contribution >= 4 is 39.2 Å². The number of nitrogens with one attached hydrogen (secondary N) is 1. The Morgan fingerprint density at radius 3 is 2.31 bits per heavy atom. The second-order valence-corrected chi connectivity index (χ2v) is 11.3. The SMILES string of the molecule is COc1cc(-c2cccc3c(Cl)c([C@H](C)Nc4ncnc5c4c(=O)ccn5-c4ccnc(OC)c4)n(-c4ccccc4)c(=O)c23)ccn1. The molecule has 0 spiro atoms. The third-order valence-electron chi connectivity index (χ3n) is 8.10. The van der Waals surface area contributed by atoms with Crippen molar-refractivity contribution in [2.75, 3.05) is 19.5 Å². The van der Waals surface area contributed by atoms with Gasteiger partial charge in [-0.25, -0.2) is 19.9 Å². The molecule has 238 valence electrons. The molecule has 0 bridgehead atoms. The van der Waals surface area contributed by atoms with Gasteiger partial charge in [-0.3, -0.25) is 14.2 Å². The van der Waals surface area contributed by atoms with Crippen LogP contribution in [0, 0.1) is 0 Å². The van der Waals surface area contributed by atoms with Crippen molar-refractivity contribution in [3.05, 3.63) is 135 Å². The lowest BCUT2D eigenvalue weighted by atomic mass is 9.98. The van der Waals surface area contributed by atoms with E-state index in [1.807, 2.05) is 61.5 Å². The molecule has 48 heavy (non-hydrogen) atoms. The Hall–Kier alpha value is -6.07. The zero-order chi connectivity index (χ0) is 33.4.